The molecule has 2 aromatic rings. The lowest BCUT2D eigenvalue weighted by Gasteiger charge is -1.93. The monoisotopic (exact) mass is 254 g/mol. The van der Waals surface area contributed by atoms with E-state index in [4.69, 9.17) is 4.42 Å². The Kier molecular flexibility index (Phi) is 2.25. The normalized spacial score (nSPS) is 10.4. The second-order valence-corrected chi connectivity index (χ2v) is 3.72. The fourth-order valence-electron chi connectivity index (χ4n) is 1.08. The van der Waals surface area contributed by atoms with Crippen molar-refractivity contribution < 1.29 is 4.42 Å². The predicted molar refractivity (Wildman–Crippen MR) is 54.9 cm³/mol. The maximum absolute atomic E-state index is 11.0. The highest BCUT2D eigenvalue weighted by Gasteiger charge is 2.07. The van der Waals surface area contributed by atoms with Gasteiger partial charge >= 0.3 is 5.76 Å². The molecule has 14 heavy (non-hydrogen) atoms. The topological polar surface area (TPSA) is 48.0 Å². The average Bonchev–Trinajstić information content (AvgIpc) is 2.47. The van der Waals surface area contributed by atoms with E-state index in [1.54, 1.807) is 7.05 Å². The van der Waals surface area contributed by atoms with Crippen LogP contribution in [0.4, 0.5) is 0 Å². The van der Waals surface area contributed by atoms with Gasteiger partial charge in [-0.25, -0.2) is 4.79 Å². The van der Waals surface area contributed by atoms with Gasteiger partial charge in [0.25, 0.3) is 0 Å². The van der Waals surface area contributed by atoms with Gasteiger partial charge in [0.15, 0.2) is 0 Å². The molecule has 0 N–H and O–H groups in total. The predicted octanol–water partition coefficient (Wildman–Crippen LogP) is 1.80. The average molecular weight is 255 g/mol. The van der Waals surface area contributed by atoms with E-state index in [0.717, 1.165) is 14.7 Å². The zero-order valence-corrected chi connectivity index (χ0v) is 8.98. The summed E-state index contributed by atoms with van der Waals surface area (Å²) in [5.74, 6) is -0.126. The second-order valence-electron chi connectivity index (χ2n) is 2.81. The molecule has 0 aliphatic carbocycles. The first-order chi connectivity index (χ1) is 6.66. The minimum absolute atomic E-state index is 0.332. The van der Waals surface area contributed by atoms with E-state index in [9.17, 15) is 4.79 Å². The second kappa shape index (κ2) is 3.42. The van der Waals surface area contributed by atoms with Crippen LogP contribution in [0.5, 0.6) is 0 Å². The number of hydrogen-bond donors (Lipinski definition) is 0. The number of aromatic nitrogens is 2. The van der Waals surface area contributed by atoms with Gasteiger partial charge in [0.2, 0.25) is 5.89 Å². The molecule has 0 spiro atoms. The van der Waals surface area contributed by atoms with Crippen molar-refractivity contribution in [2.24, 2.45) is 7.05 Å². The molecular formula is C9H7BrN2O2. The Labute approximate surface area is 88.3 Å². The molecule has 4 nitrogen and oxygen atoms in total. The highest BCUT2D eigenvalue weighted by molar-refractivity contribution is 9.10. The van der Waals surface area contributed by atoms with E-state index in [0.29, 0.717) is 5.89 Å². The largest absolute Gasteiger partial charge is 0.437 e. The number of aryl methyl sites for hydroxylation is 1. The molecule has 1 aromatic heterocycles. The van der Waals surface area contributed by atoms with Gasteiger partial charge < -0.3 is 4.42 Å². The van der Waals surface area contributed by atoms with E-state index in [1.807, 2.05) is 24.3 Å². The summed E-state index contributed by atoms with van der Waals surface area (Å²) < 4.78 is 7.01. The van der Waals surface area contributed by atoms with Crippen LogP contribution in [0.15, 0.2) is 37.9 Å². The molecular weight excluding hydrogens is 248 g/mol. The molecule has 0 aliphatic rings. The molecule has 0 unspecified atom stereocenters. The molecule has 0 atom stereocenters. The fourth-order valence-corrected chi connectivity index (χ4v) is 1.48. The van der Waals surface area contributed by atoms with Crippen molar-refractivity contribution in [1.29, 1.82) is 0 Å². The summed E-state index contributed by atoms with van der Waals surface area (Å²) in [5.41, 5.74) is 0.775. The van der Waals surface area contributed by atoms with Gasteiger partial charge in [-0.3, -0.25) is 0 Å². The number of hydrogen-bond acceptors (Lipinski definition) is 3. The van der Waals surface area contributed by atoms with Crippen molar-refractivity contribution in [3.05, 3.63) is 39.3 Å². The van der Waals surface area contributed by atoms with Crippen LogP contribution in [0.3, 0.4) is 0 Å². The zero-order chi connectivity index (χ0) is 10.1. The Hall–Kier alpha value is -1.36. The summed E-state index contributed by atoms with van der Waals surface area (Å²) in [6.07, 6.45) is 0. The standard InChI is InChI=1S/C9H7BrN2O2/c1-12-9(13)14-8(11-12)6-3-2-4-7(10)5-6/h2-5H,1H3. The smallest absolute Gasteiger partial charge is 0.388 e. The van der Waals surface area contributed by atoms with Crippen LogP contribution in [-0.2, 0) is 7.05 Å². The molecule has 72 valence electrons. The van der Waals surface area contributed by atoms with Crippen LogP contribution < -0.4 is 5.76 Å². The van der Waals surface area contributed by atoms with Crippen molar-refractivity contribution in [3.63, 3.8) is 0 Å². The van der Waals surface area contributed by atoms with E-state index in [2.05, 4.69) is 21.0 Å². The highest BCUT2D eigenvalue weighted by Crippen LogP contribution is 2.19. The van der Waals surface area contributed by atoms with Gasteiger partial charge in [-0.05, 0) is 18.2 Å². The quantitative estimate of drug-likeness (QED) is 0.780. The minimum Gasteiger partial charge on any atom is -0.388 e. The van der Waals surface area contributed by atoms with Gasteiger partial charge in [-0.15, -0.1) is 5.10 Å². The van der Waals surface area contributed by atoms with Crippen LogP contribution in [0.25, 0.3) is 11.5 Å². The molecule has 0 saturated carbocycles. The van der Waals surface area contributed by atoms with Crippen LogP contribution in [0, 0.1) is 0 Å². The number of benzene rings is 1. The lowest BCUT2D eigenvalue weighted by atomic mass is 10.2. The summed E-state index contributed by atoms with van der Waals surface area (Å²) in [4.78, 5) is 11.0. The van der Waals surface area contributed by atoms with Crippen LogP contribution >= 0.6 is 15.9 Å². The lowest BCUT2D eigenvalue weighted by Crippen LogP contribution is -2.09. The number of nitrogens with zero attached hydrogens (tertiary/aromatic N) is 2. The van der Waals surface area contributed by atoms with Crippen molar-refractivity contribution in [3.8, 4) is 11.5 Å². The van der Waals surface area contributed by atoms with Crippen molar-refractivity contribution in [2.75, 3.05) is 0 Å². The Morgan fingerprint density at radius 1 is 1.50 bits per heavy atom. The van der Waals surface area contributed by atoms with Gasteiger partial charge in [0.05, 0.1) is 0 Å². The van der Waals surface area contributed by atoms with Gasteiger partial charge in [0.1, 0.15) is 0 Å². The maximum atomic E-state index is 11.0. The fraction of sp³-hybridized carbons (Fsp3) is 0.111. The summed E-state index contributed by atoms with van der Waals surface area (Å²) in [6, 6.07) is 7.42. The Bertz CT molecular complexity index is 516. The summed E-state index contributed by atoms with van der Waals surface area (Å²) in [5, 5.41) is 3.94. The van der Waals surface area contributed by atoms with Crippen molar-refractivity contribution in [1.82, 2.24) is 9.78 Å². The van der Waals surface area contributed by atoms with Gasteiger partial charge in [-0.2, -0.15) is 4.68 Å². The van der Waals surface area contributed by atoms with E-state index >= 15 is 0 Å². The van der Waals surface area contributed by atoms with Crippen LogP contribution in [0.1, 0.15) is 0 Å². The molecule has 2 rings (SSSR count). The summed E-state index contributed by atoms with van der Waals surface area (Å²) in [7, 11) is 1.55. The molecule has 5 heteroatoms. The van der Waals surface area contributed by atoms with Crippen molar-refractivity contribution in [2.45, 2.75) is 0 Å². The maximum Gasteiger partial charge on any atom is 0.437 e. The summed E-state index contributed by atoms with van der Waals surface area (Å²) >= 11 is 3.33. The SMILES string of the molecule is Cn1nc(-c2cccc(Br)c2)oc1=O. The van der Waals surface area contributed by atoms with Crippen molar-refractivity contribution >= 4 is 15.9 Å². The highest BCUT2D eigenvalue weighted by atomic mass is 79.9. The van der Waals surface area contributed by atoms with Gasteiger partial charge in [-0.1, -0.05) is 22.0 Å². The third-order valence-electron chi connectivity index (χ3n) is 1.76. The third kappa shape index (κ3) is 1.63. The van der Waals surface area contributed by atoms with E-state index in [-0.39, 0.29) is 0 Å². The van der Waals surface area contributed by atoms with E-state index < -0.39 is 5.76 Å². The molecule has 1 heterocycles. The first-order valence-electron chi connectivity index (χ1n) is 3.97. The van der Waals surface area contributed by atoms with Crippen LogP contribution in [-0.4, -0.2) is 9.78 Å². The van der Waals surface area contributed by atoms with E-state index in [1.165, 1.54) is 0 Å². The molecule has 1 aromatic carbocycles. The minimum atomic E-state index is -0.458. The number of halogens is 1. The first kappa shape index (κ1) is 9.21. The first-order valence-corrected chi connectivity index (χ1v) is 4.76. The lowest BCUT2D eigenvalue weighted by molar-refractivity contribution is 0.505. The third-order valence-corrected chi connectivity index (χ3v) is 2.25. The molecule has 0 fully saturated rings. The Morgan fingerprint density at radius 2 is 2.29 bits per heavy atom. The molecule has 0 bridgehead atoms. The molecule has 0 amide bonds. The van der Waals surface area contributed by atoms with Crippen LogP contribution in [0.2, 0.25) is 0 Å². The Morgan fingerprint density at radius 3 is 2.86 bits per heavy atom. The Balaban J connectivity index is 2.54. The molecule has 0 radical (unpaired) electrons. The number of rotatable bonds is 1. The molecule has 0 aliphatic heterocycles. The molecule has 0 saturated heterocycles. The van der Waals surface area contributed by atoms with Gasteiger partial charge in [0, 0.05) is 17.1 Å². The summed E-state index contributed by atoms with van der Waals surface area (Å²) in [6.45, 7) is 0. The zero-order valence-electron chi connectivity index (χ0n) is 7.40.